The normalized spacial score (nSPS) is 11.1. The van der Waals surface area contributed by atoms with E-state index in [1.54, 1.807) is 88.1 Å². The molecule has 546 valence electrons. The summed E-state index contributed by atoms with van der Waals surface area (Å²) in [5, 5.41) is 44.7. The van der Waals surface area contributed by atoms with Crippen LogP contribution in [0.25, 0.3) is 43.6 Å². The van der Waals surface area contributed by atoms with E-state index in [1.165, 1.54) is 7.11 Å². The number of fused-ring (bicyclic) bond motifs is 5. The van der Waals surface area contributed by atoms with Crippen LogP contribution in [-0.4, -0.2) is 122 Å². The fourth-order valence-corrected chi connectivity index (χ4v) is 10.9. The molecule has 1 aliphatic heterocycles. The average Bonchev–Trinajstić information content (AvgIpc) is 1.58. The van der Waals surface area contributed by atoms with Gasteiger partial charge in [-0.1, -0.05) is 60.7 Å². The summed E-state index contributed by atoms with van der Waals surface area (Å²) < 4.78 is 54.6. The Morgan fingerprint density at radius 1 is 0.339 bits per heavy atom. The number of benzene rings is 8. The van der Waals surface area contributed by atoms with Gasteiger partial charge in [0, 0.05) is 86.8 Å². The van der Waals surface area contributed by atoms with Gasteiger partial charge in [0.05, 0.1) is 56.1 Å². The Bertz CT molecular complexity index is 5910. The molecule has 0 saturated heterocycles. The van der Waals surface area contributed by atoms with Crippen molar-refractivity contribution < 1.29 is 52.2 Å². The van der Waals surface area contributed by atoms with Crippen LogP contribution in [0.4, 0.5) is 46.5 Å². The highest BCUT2D eigenvalue weighted by Gasteiger charge is 2.20. The van der Waals surface area contributed by atoms with Crippen molar-refractivity contribution in [2.24, 2.45) is 0 Å². The van der Waals surface area contributed by atoms with E-state index < -0.39 is 5.97 Å². The highest BCUT2D eigenvalue weighted by Crippen LogP contribution is 2.39. The Morgan fingerprint density at radius 2 is 0.697 bits per heavy atom. The van der Waals surface area contributed by atoms with Crippen LogP contribution in [0, 0.1) is 27.7 Å². The quantitative estimate of drug-likeness (QED) is 0.0329. The first kappa shape index (κ1) is 70.8. The Labute approximate surface area is 620 Å². The third kappa shape index (κ3) is 17.6. The van der Waals surface area contributed by atoms with Crippen molar-refractivity contribution in [2.75, 3.05) is 56.5 Å². The van der Waals surface area contributed by atoms with Crippen LogP contribution in [-0.2, 0) is 4.74 Å². The minimum Gasteiger partial charge on any atom is -0.497 e. The minimum absolute atomic E-state index is 0.149. The van der Waals surface area contributed by atoms with Gasteiger partial charge in [0.25, 0.3) is 0 Å². The van der Waals surface area contributed by atoms with Gasteiger partial charge in [-0.15, -0.1) is 0 Å². The Balaban J connectivity index is 0.000000121. The molecule has 16 aromatic rings. The maximum atomic E-state index is 11.7. The van der Waals surface area contributed by atoms with Crippen LogP contribution in [0.3, 0.4) is 0 Å². The summed E-state index contributed by atoms with van der Waals surface area (Å²) in [6, 6.07) is 63.6. The summed E-state index contributed by atoms with van der Waals surface area (Å²) in [7, 11) is 6.10. The first-order chi connectivity index (χ1) is 53.2. The maximum absolute atomic E-state index is 11.7. The molecule has 1 aliphatic rings. The molecular weight excluding hydrogens is 1390 g/mol. The zero-order valence-electron chi connectivity index (χ0n) is 59.7. The predicted molar refractivity (Wildman–Crippen MR) is 408 cm³/mol. The second-order valence-corrected chi connectivity index (χ2v) is 23.9. The first-order valence-corrected chi connectivity index (χ1v) is 33.6. The van der Waals surface area contributed by atoms with Crippen molar-refractivity contribution in [3.8, 4) is 75.8 Å². The van der Waals surface area contributed by atoms with Gasteiger partial charge in [-0.05, 0) is 131 Å². The number of anilines is 8. The van der Waals surface area contributed by atoms with Crippen molar-refractivity contribution in [1.82, 2.24) is 80.7 Å². The average molecular weight is 1460 g/mol. The second kappa shape index (κ2) is 32.7. The molecule has 0 fully saturated rings. The second-order valence-electron chi connectivity index (χ2n) is 23.9. The maximum Gasteiger partial charge on any atom is 0.337 e. The van der Waals surface area contributed by atoms with E-state index in [9.17, 15) is 4.79 Å². The number of carbonyl (C=O) groups is 1. The number of ether oxygens (including phenoxy) is 10. The molecule has 0 bridgehead atoms. The van der Waals surface area contributed by atoms with Crippen molar-refractivity contribution in [1.29, 1.82) is 0 Å². The number of aromatic amines is 4. The lowest BCUT2D eigenvalue weighted by atomic mass is 10.2. The molecule has 0 atom stereocenters. The van der Waals surface area contributed by atoms with Gasteiger partial charge in [-0.2, -0.15) is 60.3 Å². The molecule has 17 rings (SSSR count). The van der Waals surface area contributed by atoms with Crippen LogP contribution in [0.1, 0.15) is 33.1 Å². The summed E-state index contributed by atoms with van der Waals surface area (Å²) in [5.74, 6) is 9.96. The molecule has 8 aromatic heterocycles. The molecule has 0 unspecified atom stereocenters. The molecule has 0 radical (unpaired) electrons. The summed E-state index contributed by atoms with van der Waals surface area (Å²) in [6.45, 7) is 7.93. The lowest BCUT2D eigenvalue weighted by Crippen LogP contribution is -2.02. The van der Waals surface area contributed by atoms with Crippen molar-refractivity contribution in [3.05, 3.63) is 235 Å². The molecule has 0 spiro atoms. The van der Waals surface area contributed by atoms with Gasteiger partial charge < -0.3 is 68.6 Å². The Kier molecular flexibility index (Phi) is 21.2. The van der Waals surface area contributed by atoms with E-state index in [2.05, 4.69) is 102 Å². The van der Waals surface area contributed by atoms with Crippen molar-refractivity contribution >= 4 is 96.1 Å². The summed E-state index contributed by atoms with van der Waals surface area (Å²) in [4.78, 5) is 47.7. The lowest BCUT2D eigenvalue weighted by molar-refractivity contribution is 0.0600. The molecular formula is C78H68N20O11. The number of nitrogens with zero attached hydrogens (tertiary/aromatic N) is 12. The van der Waals surface area contributed by atoms with Crippen LogP contribution < -0.4 is 63.9 Å². The van der Waals surface area contributed by atoms with Gasteiger partial charge >= 0.3 is 30.0 Å². The van der Waals surface area contributed by atoms with Crippen molar-refractivity contribution in [3.63, 3.8) is 0 Å². The molecule has 8 aromatic carbocycles. The number of hydrogen-bond acceptors (Lipinski definition) is 27. The van der Waals surface area contributed by atoms with Gasteiger partial charge in [0.2, 0.25) is 6.79 Å². The molecule has 8 N–H and O–H groups in total. The minimum atomic E-state index is -0.443. The molecule has 0 saturated carbocycles. The fraction of sp³-hybridized carbons (Fsp3) is 0.115. The van der Waals surface area contributed by atoms with E-state index in [4.69, 9.17) is 47.4 Å². The van der Waals surface area contributed by atoms with Crippen LogP contribution in [0.15, 0.2) is 206 Å². The molecule has 9 heterocycles. The zero-order chi connectivity index (χ0) is 75.2. The van der Waals surface area contributed by atoms with Crippen LogP contribution in [0.5, 0.6) is 75.8 Å². The van der Waals surface area contributed by atoms with E-state index in [0.717, 1.165) is 60.9 Å². The number of methoxy groups -OCH3 is 4. The highest BCUT2D eigenvalue weighted by molar-refractivity contribution is 5.94. The molecule has 109 heavy (non-hydrogen) atoms. The first-order valence-electron chi connectivity index (χ1n) is 33.6. The number of esters is 1. The fourth-order valence-electron chi connectivity index (χ4n) is 10.9. The van der Waals surface area contributed by atoms with Gasteiger partial charge in [0.1, 0.15) is 52.0 Å². The number of rotatable bonds is 20. The third-order valence-corrected chi connectivity index (χ3v) is 16.0. The molecule has 0 amide bonds. The standard InChI is InChI=1S/C20H19N5O3.C20H17N5O3.C19H15N5O3.C19H17N5O2/c1-12-10-18(25-24-12)22-19-14-6-4-5-7-15(14)21-20(23-19)28-13-8-9-16(26-2)17(11-13)27-3;1-12-10-17(25-24-12)22-18-15-8-3-4-9-16(15)21-20(23-18)28-14-7-5-6-13(11-14)19(26)27-2;1-11-8-17(24-23-11)21-18-13-4-2-3-5-14(13)20-19(22-18)27-12-6-7-15-16(9-12)26-10-25-15;1-12-10-17(24-23-12)21-18-15-8-3-4-9-16(15)20-19(22-18)26-14-7-5-6-13(11-14)25-2/h4-11H,1-3H3,(H2,21,22,23,24,25);3-11H,1-2H3,(H2,21,22,23,24,25);2-9H,10H2,1H3,(H2,20,21,22,23,24);3-11H,1-2H3,(H2,20,21,22,23,24). The molecule has 31 nitrogen and oxygen atoms in total. The largest absolute Gasteiger partial charge is 0.497 e. The Morgan fingerprint density at radius 3 is 1.08 bits per heavy atom. The zero-order valence-corrected chi connectivity index (χ0v) is 59.7. The Hall–Kier alpha value is -15.2. The van der Waals surface area contributed by atoms with Crippen LogP contribution in [0.2, 0.25) is 0 Å². The van der Waals surface area contributed by atoms with Gasteiger partial charge in [-0.25, -0.2) is 4.79 Å². The highest BCUT2D eigenvalue weighted by atomic mass is 16.7. The SMILES string of the molecule is COC(=O)c1cccc(Oc2nc(Nc3cc(C)[nH]n3)c3ccccc3n2)c1.COc1ccc(Oc2nc(Nc3cc(C)[nH]n3)c3ccccc3n2)cc1OC.COc1cccc(Oc2nc(Nc3cc(C)[nH]n3)c3ccccc3n2)c1.Cc1cc(Nc2nc(Oc3ccc4c(c3)OCO4)nc3ccccc23)n[nH]1. The smallest absolute Gasteiger partial charge is 0.337 e. The van der Waals surface area contributed by atoms with Gasteiger partial charge in [-0.3, -0.25) is 20.4 Å². The number of aryl methyl sites for hydroxylation is 4. The monoisotopic (exact) mass is 1460 g/mol. The van der Waals surface area contributed by atoms with E-state index in [1.807, 2.05) is 167 Å². The summed E-state index contributed by atoms with van der Waals surface area (Å²) in [6.07, 6.45) is 0. The summed E-state index contributed by atoms with van der Waals surface area (Å²) >= 11 is 0. The van der Waals surface area contributed by atoms with Gasteiger partial charge in [0.15, 0.2) is 46.3 Å². The number of H-pyrrole nitrogens is 4. The number of carbonyl (C=O) groups excluding carboxylic acids is 1. The van der Waals surface area contributed by atoms with E-state index in [0.29, 0.717) is 109 Å². The van der Waals surface area contributed by atoms with E-state index >= 15 is 0 Å². The predicted octanol–water partition coefficient (Wildman–Crippen LogP) is 16.3. The lowest BCUT2D eigenvalue weighted by Gasteiger charge is -2.12. The number of para-hydroxylation sites is 4. The van der Waals surface area contributed by atoms with Crippen LogP contribution >= 0.6 is 0 Å². The van der Waals surface area contributed by atoms with E-state index in [-0.39, 0.29) is 30.8 Å². The molecule has 31 heteroatoms. The number of nitrogens with one attached hydrogen (secondary N) is 8. The number of hydrogen-bond donors (Lipinski definition) is 8. The van der Waals surface area contributed by atoms with Crippen molar-refractivity contribution in [2.45, 2.75) is 27.7 Å². The number of aromatic nitrogens is 16. The third-order valence-electron chi connectivity index (χ3n) is 16.0. The molecule has 0 aliphatic carbocycles. The topological polar surface area (TPSA) is 375 Å². The summed E-state index contributed by atoms with van der Waals surface area (Å²) in [5.41, 5.74) is 7.17.